The summed E-state index contributed by atoms with van der Waals surface area (Å²) in [6.45, 7) is 4.29. The predicted molar refractivity (Wildman–Crippen MR) is 121 cm³/mol. The number of rotatable bonds is 20. The molecule has 0 aliphatic heterocycles. The zero-order chi connectivity index (χ0) is 21.7. The average molecular weight is 413 g/mol. The largest absolute Gasteiger partial charge is 0.469 e. The van der Waals surface area contributed by atoms with Crippen LogP contribution in [0.3, 0.4) is 0 Å². The number of carbonyl (C=O) groups excluding carboxylic acids is 2. The first-order valence-corrected chi connectivity index (χ1v) is 12.2. The van der Waals surface area contributed by atoms with Gasteiger partial charge in [-0.05, 0) is 25.2 Å². The minimum absolute atomic E-state index is 0.0273. The lowest BCUT2D eigenvalue weighted by Crippen LogP contribution is -2.24. The molecule has 0 saturated heterocycles. The van der Waals surface area contributed by atoms with Gasteiger partial charge in [-0.2, -0.15) is 0 Å². The Morgan fingerprint density at radius 2 is 1.07 bits per heavy atom. The highest BCUT2D eigenvalue weighted by Gasteiger charge is 2.25. The van der Waals surface area contributed by atoms with Crippen molar-refractivity contribution < 1.29 is 19.1 Å². The standard InChI is InChI=1S/C25H48O4/c1-5-22(23(6-2)25(27)29-4)20-18-16-14-12-10-8-7-9-11-13-15-17-19-21-24(26)28-3/h22-23H,5-21H2,1-4H3. The molecule has 2 atom stereocenters. The highest BCUT2D eigenvalue weighted by molar-refractivity contribution is 5.72. The maximum absolute atomic E-state index is 11.9. The van der Waals surface area contributed by atoms with Crippen LogP contribution in [0.2, 0.25) is 0 Å². The van der Waals surface area contributed by atoms with Gasteiger partial charge in [-0.25, -0.2) is 0 Å². The van der Waals surface area contributed by atoms with Crippen molar-refractivity contribution in [3.05, 3.63) is 0 Å². The molecular formula is C25H48O4. The molecule has 0 spiro atoms. The third kappa shape index (κ3) is 15.4. The van der Waals surface area contributed by atoms with Gasteiger partial charge in [-0.3, -0.25) is 9.59 Å². The minimum atomic E-state index is -0.0819. The number of hydrogen-bond acceptors (Lipinski definition) is 4. The summed E-state index contributed by atoms with van der Waals surface area (Å²) in [6, 6.07) is 0. The van der Waals surface area contributed by atoms with Crippen molar-refractivity contribution in [1.82, 2.24) is 0 Å². The summed E-state index contributed by atoms with van der Waals surface area (Å²) in [4.78, 5) is 22.9. The van der Waals surface area contributed by atoms with E-state index in [0.717, 1.165) is 32.1 Å². The first-order chi connectivity index (χ1) is 14.1. The summed E-state index contributed by atoms with van der Waals surface area (Å²) in [5, 5.41) is 0. The third-order valence-corrected chi connectivity index (χ3v) is 6.22. The molecule has 4 heteroatoms. The van der Waals surface area contributed by atoms with Gasteiger partial charge >= 0.3 is 11.9 Å². The molecule has 29 heavy (non-hydrogen) atoms. The number of esters is 2. The van der Waals surface area contributed by atoms with Crippen LogP contribution in [0, 0.1) is 11.8 Å². The fourth-order valence-corrected chi connectivity index (χ4v) is 4.26. The third-order valence-electron chi connectivity index (χ3n) is 6.22. The number of ether oxygens (including phenoxy) is 2. The second-order valence-corrected chi connectivity index (χ2v) is 8.42. The SMILES string of the molecule is CCC(CCCCCCCCCCCCCCCC(=O)OC)C(CC)C(=O)OC. The second-order valence-electron chi connectivity index (χ2n) is 8.42. The first-order valence-electron chi connectivity index (χ1n) is 12.2. The van der Waals surface area contributed by atoms with Crippen LogP contribution in [0.25, 0.3) is 0 Å². The Hall–Kier alpha value is -1.06. The maximum Gasteiger partial charge on any atom is 0.308 e. The molecular weight excluding hydrogens is 364 g/mol. The summed E-state index contributed by atoms with van der Waals surface area (Å²) in [5.74, 6) is 0.452. The summed E-state index contributed by atoms with van der Waals surface area (Å²) < 4.78 is 9.62. The van der Waals surface area contributed by atoms with Crippen LogP contribution in [0.4, 0.5) is 0 Å². The molecule has 0 radical (unpaired) electrons. The highest BCUT2D eigenvalue weighted by atomic mass is 16.5. The van der Waals surface area contributed by atoms with Gasteiger partial charge in [0.1, 0.15) is 0 Å². The number of carbonyl (C=O) groups is 2. The molecule has 0 heterocycles. The van der Waals surface area contributed by atoms with Crippen molar-refractivity contribution in [2.45, 2.75) is 123 Å². The molecule has 0 aliphatic rings. The normalized spacial score (nSPS) is 13.1. The molecule has 0 aliphatic carbocycles. The second kappa shape index (κ2) is 20.2. The van der Waals surface area contributed by atoms with Gasteiger partial charge in [0.15, 0.2) is 0 Å². The Morgan fingerprint density at radius 3 is 1.45 bits per heavy atom. The van der Waals surface area contributed by atoms with Crippen LogP contribution in [-0.2, 0) is 19.1 Å². The van der Waals surface area contributed by atoms with Crippen molar-refractivity contribution in [3.8, 4) is 0 Å². The fourth-order valence-electron chi connectivity index (χ4n) is 4.26. The molecule has 2 unspecified atom stereocenters. The van der Waals surface area contributed by atoms with Gasteiger partial charge in [0, 0.05) is 6.42 Å². The monoisotopic (exact) mass is 412 g/mol. The molecule has 4 nitrogen and oxygen atoms in total. The molecule has 0 aromatic heterocycles. The first kappa shape index (κ1) is 27.9. The lowest BCUT2D eigenvalue weighted by atomic mass is 9.84. The quantitative estimate of drug-likeness (QED) is 0.156. The molecule has 0 saturated carbocycles. The van der Waals surface area contributed by atoms with E-state index in [1.807, 2.05) is 0 Å². The smallest absolute Gasteiger partial charge is 0.308 e. The zero-order valence-corrected chi connectivity index (χ0v) is 19.8. The van der Waals surface area contributed by atoms with E-state index < -0.39 is 0 Å². The number of methoxy groups -OCH3 is 2. The van der Waals surface area contributed by atoms with Crippen LogP contribution < -0.4 is 0 Å². The minimum Gasteiger partial charge on any atom is -0.469 e. The van der Waals surface area contributed by atoms with Crippen molar-refractivity contribution in [2.75, 3.05) is 14.2 Å². The lowest BCUT2D eigenvalue weighted by Gasteiger charge is -2.22. The highest BCUT2D eigenvalue weighted by Crippen LogP contribution is 2.26. The van der Waals surface area contributed by atoms with Gasteiger partial charge < -0.3 is 9.47 Å². The lowest BCUT2D eigenvalue weighted by molar-refractivity contribution is -0.147. The van der Waals surface area contributed by atoms with Crippen molar-refractivity contribution in [3.63, 3.8) is 0 Å². The van der Waals surface area contributed by atoms with Crippen LogP contribution >= 0.6 is 0 Å². The Balaban J connectivity index is 3.44. The molecule has 0 aromatic rings. The summed E-state index contributed by atoms with van der Waals surface area (Å²) in [7, 11) is 2.96. The Bertz CT molecular complexity index is 394. The van der Waals surface area contributed by atoms with Crippen molar-refractivity contribution >= 4 is 11.9 Å². The molecule has 0 aromatic carbocycles. The number of hydrogen-bond donors (Lipinski definition) is 0. The van der Waals surface area contributed by atoms with Crippen LogP contribution in [0.5, 0.6) is 0 Å². The Morgan fingerprint density at radius 1 is 0.621 bits per heavy atom. The summed E-state index contributed by atoms with van der Waals surface area (Å²) in [6.07, 6.45) is 20.3. The van der Waals surface area contributed by atoms with E-state index in [1.54, 1.807) is 0 Å². The maximum atomic E-state index is 11.9. The zero-order valence-electron chi connectivity index (χ0n) is 19.8. The molecule has 0 rings (SSSR count). The van der Waals surface area contributed by atoms with Crippen LogP contribution in [0.15, 0.2) is 0 Å². The van der Waals surface area contributed by atoms with E-state index in [0.29, 0.717) is 12.3 Å². The molecule has 0 N–H and O–H groups in total. The molecule has 0 fully saturated rings. The van der Waals surface area contributed by atoms with Crippen molar-refractivity contribution in [2.24, 2.45) is 11.8 Å². The molecule has 0 amide bonds. The topological polar surface area (TPSA) is 52.6 Å². The predicted octanol–water partition coefficient (Wildman–Crippen LogP) is 7.24. The van der Waals surface area contributed by atoms with Crippen molar-refractivity contribution in [1.29, 1.82) is 0 Å². The molecule has 0 bridgehead atoms. The van der Waals surface area contributed by atoms with E-state index in [4.69, 9.17) is 4.74 Å². The van der Waals surface area contributed by atoms with Gasteiger partial charge in [-0.1, -0.05) is 97.3 Å². The Kier molecular flexibility index (Phi) is 19.5. The van der Waals surface area contributed by atoms with E-state index >= 15 is 0 Å². The average Bonchev–Trinajstić information content (AvgIpc) is 2.74. The summed E-state index contributed by atoms with van der Waals surface area (Å²) in [5.41, 5.74) is 0. The summed E-state index contributed by atoms with van der Waals surface area (Å²) >= 11 is 0. The van der Waals surface area contributed by atoms with Gasteiger partial charge in [0.25, 0.3) is 0 Å². The van der Waals surface area contributed by atoms with E-state index in [2.05, 4.69) is 18.6 Å². The van der Waals surface area contributed by atoms with E-state index in [1.165, 1.54) is 84.8 Å². The van der Waals surface area contributed by atoms with Crippen LogP contribution in [-0.4, -0.2) is 26.2 Å². The fraction of sp³-hybridized carbons (Fsp3) is 0.920. The van der Waals surface area contributed by atoms with E-state index in [9.17, 15) is 9.59 Å². The Labute approximate surface area is 180 Å². The van der Waals surface area contributed by atoms with Crippen LogP contribution in [0.1, 0.15) is 123 Å². The molecule has 172 valence electrons. The number of unbranched alkanes of at least 4 members (excludes halogenated alkanes) is 12. The van der Waals surface area contributed by atoms with Gasteiger partial charge in [0.05, 0.1) is 20.1 Å². The van der Waals surface area contributed by atoms with Gasteiger partial charge in [0.2, 0.25) is 0 Å². The van der Waals surface area contributed by atoms with Gasteiger partial charge in [-0.15, -0.1) is 0 Å². The van der Waals surface area contributed by atoms with E-state index in [-0.39, 0.29) is 17.9 Å².